The first kappa shape index (κ1) is 9.37. The second-order valence-corrected chi connectivity index (χ2v) is 4.00. The zero-order valence-corrected chi connectivity index (χ0v) is 8.66. The highest BCUT2D eigenvalue weighted by Crippen LogP contribution is 2.27. The number of aromatic nitrogens is 1. The fraction of sp³-hybridized carbons (Fsp3) is 0.182. The monoisotopic (exact) mass is 205 g/mol. The predicted octanol–water partition coefficient (Wildman–Crippen LogP) is 2.53. The molecule has 14 heavy (non-hydrogen) atoms. The summed E-state index contributed by atoms with van der Waals surface area (Å²) in [5.74, 6) is 0. The van der Waals surface area contributed by atoms with Crippen molar-refractivity contribution in [2.75, 3.05) is 0 Å². The van der Waals surface area contributed by atoms with Crippen molar-refractivity contribution in [1.82, 2.24) is 4.98 Å². The molecule has 0 radical (unpaired) electrons. The minimum Gasteiger partial charge on any atom is -0.383 e. The molecule has 2 rings (SSSR count). The third-order valence-corrected chi connectivity index (χ3v) is 3.13. The highest BCUT2D eigenvalue weighted by molar-refractivity contribution is 7.09. The molecule has 1 unspecified atom stereocenters. The Hall–Kier alpha value is -1.19. The van der Waals surface area contributed by atoms with Crippen molar-refractivity contribution >= 4 is 11.3 Å². The summed E-state index contributed by atoms with van der Waals surface area (Å²) in [5.41, 5.74) is 3.59. The van der Waals surface area contributed by atoms with Gasteiger partial charge in [-0.25, -0.2) is 4.98 Å². The lowest BCUT2D eigenvalue weighted by Crippen LogP contribution is -1.98. The van der Waals surface area contributed by atoms with Crippen LogP contribution in [0, 0.1) is 6.92 Å². The molecule has 0 bridgehead atoms. The quantitative estimate of drug-likeness (QED) is 0.817. The van der Waals surface area contributed by atoms with Crippen LogP contribution in [0.25, 0.3) is 0 Å². The molecule has 1 aromatic heterocycles. The maximum atomic E-state index is 10.0. The number of hydrogen-bond donors (Lipinski definition) is 1. The van der Waals surface area contributed by atoms with E-state index in [2.05, 4.69) is 4.98 Å². The summed E-state index contributed by atoms with van der Waals surface area (Å²) < 4.78 is 0. The zero-order valence-electron chi connectivity index (χ0n) is 7.84. The van der Waals surface area contributed by atoms with Gasteiger partial charge in [0.1, 0.15) is 6.10 Å². The van der Waals surface area contributed by atoms with Gasteiger partial charge in [0.25, 0.3) is 0 Å². The van der Waals surface area contributed by atoms with Crippen LogP contribution in [0.4, 0.5) is 0 Å². The lowest BCUT2D eigenvalue weighted by Gasteiger charge is -2.08. The summed E-state index contributed by atoms with van der Waals surface area (Å²) in [5, 5.41) is 10.0. The Morgan fingerprint density at radius 3 is 2.57 bits per heavy atom. The van der Waals surface area contributed by atoms with Crippen LogP contribution in [0.15, 0.2) is 35.8 Å². The molecule has 1 aromatic carbocycles. The maximum Gasteiger partial charge on any atom is 0.115 e. The van der Waals surface area contributed by atoms with E-state index in [1.165, 1.54) is 11.3 Å². The van der Waals surface area contributed by atoms with Crippen LogP contribution in [0.5, 0.6) is 0 Å². The van der Waals surface area contributed by atoms with Crippen LogP contribution >= 0.6 is 11.3 Å². The minimum atomic E-state index is -0.538. The first-order valence-electron chi connectivity index (χ1n) is 4.42. The van der Waals surface area contributed by atoms with Gasteiger partial charge in [-0.3, -0.25) is 0 Å². The molecule has 2 aromatic rings. The molecule has 0 spiro atoms. The topological polar surface area (TPSA) is 33.1 Å². The van der Waals surface area contributed by atoms with Crippen LogP contribution in [0.1, 0.15) is 22.2 Å². The van der Waals surface area contributed by atoms with Gasteiger partial charge in [0.05, 0.1) is 16.1 Å². The number of hydrogen-bond acceptors (Lipinski definition) is 3. The first-order valence-corrected chi connectivity index (χ1v) is 5.30. The molecule has 0 saturated heterocycles. The summed E-state index contributed by atoms with van der Waals surface area (Å²) >= 11 is 1.49. The second kappa shape index (κ2) is 3.90. The van der Waals surface area contributed by atoms with Crippen molar-refractivity contribution in [3.63, 3.8) is 0 Å². The summed E-state index contributed by atoms with van der Waals surface area (Å²) in [7, 11) is 0. The Kier molecular flexibility index (Phi) is 2.61. The van der Waals surface area contributed by atoms with Crippen molar-refractivity contribution < 1.29 is 5.11 Å². The lowest BCUT2D eigenvalue weighted by atomic mass is 10.1. The SMILES string of the molecule is Cc1ncsc1C(O)c1ccccc1. The normalized spacial score (nSPS) is 12.7. The fourth-order valence-electron chi connectivity index (χ4n) is 1.36. The van der Waals surface area contributed by atoms with Crippen LogP contribution in [-0.4, -0.2) is 10.1 Å². The molecular weight excluding hydrogens is 194 g/mol. The Balaban J connectivity index is 2.34. The van der Waals surface area contributed by atoms with E-state index in [1.807, 2.05) is 37.3 Å². The Morgan fingerprint density at radius 2 is 2.00 bits per heavy atom. The number of nitrogens with zero attached hydrogens (tertiary/aromatic N) is 1. The molecular formula is C11H11NOS. The van der Waals surface area contributed by atoms with E-state index in [-0.39, 0.29) is 0 Å². The third-order valence-electron chi connectivity index (χ3n) is 2.15. The van der Waals surface area contributed by atoms with Crippen LogP contribution < -0.4 is 0 Å². The minimum absolute atomic E-state index is 0.538. The van der Waals surface area contributed by atoms with E-state index in [9.17, 15) is 5.11 Å². The van der Waals surface area contributed by atoms with Gasteiger partial charge in [-0.05, 0) is 12.5 Å². The smallest absolute Gasteiger partial charge is 0.115 e. The second-order valence-electron chi connectivity index (χ2n) is 3.12. The van der Waals surface area contributed by atoms with Gasteiger partial charge < -0.3 is 5.11 Å². The molecule has 0 fully saturated rings. The van der Waals surface area contributed by atoms with Gasteiger partial charge in [-0.2, -0.15) is 0 Å². The first-order chi connectivity index (χ1) is 6.79. The van der Waals surface area contributed by atoms with Crippen molar-refractivity contribution in [1.29, 1.82) is 0 Å². The van der Waals surface area contributed by atoms with Gasteiger partial charge in [0, 0.05) is 0 Å². The van der Waals surface area contributed by atoms with E-state index >= 15 is 0 Å². The number of benzene rings is 1. The van der Waals surface area contributed by atoms with Gasteiger partial charge in [0.15, 0.2) is 0 Å². The molecule has 2 nitrogen and oxygen atoms in total. The van der Waals surface area contributed by atoms with E-state index < -0.39 is 6.10 Å². The molecule has 0 aliphatic rings. The number of thiazole rings is 1. The lowest BCUT2D eigenvalue weighted by molar-refractivity contribution is 0.223. The maximum absolute atomic E-state index is 10.0. The fourth-order valence-corrected chi connectivity index (χ4v) is 2.17. The van der Waals surface area contributed by atoms with Gasteiger partial charge >= 0.3 is 0 Å². The third kappa shape index (κ3) is 1.69. The summed E-state index contributed by atoms with van der Waals surface area (Å²) in [4.78, 5) is 5.05. The number of aliphatic hydroxyl groups excluding tert-OH is 1. The van der Waals surface area contributed by atoms with E-state index in [0.717, 1.165) is 16.1 Å². The summed E-state index contributed by atoms with van der Waals surface area (Å²) in [6.45, 7) is 1.91. The van der Waals surface area contributed by atoms with Crippen molar-refractivity contribution in [3.05, 3.63) is 52.0 Å². The number of rotatable bonds is 2. The molecule has 1 atom stereocenters. The highest BCUT2D eigenvalue weighted by atomic mass is 32.1. The average Bonchev–Trinajstić information content (AvgIpc) is 2.65. The average molecular weight is 205 g/mol. The molecule has 1 N–H and O–H groups in total. The van der Waals surface area contributed by atoms with Crippen molar-refractivity contribution in [3.8, 4) is 0 Å². The Labute approximate surface area is 86.9 Å². The molecule has 0 aliphatic heterocycles. The summed E-state index contributed by atoms with van der Waals surface area (Å²) in [6.07, 6.45) is -0.538. The predicted molar refractivity (Wildman–Crippen MR) is 57.4 cm³/mol. The molecule has 0 saturated carbocycles. The number of aliphatic hydroxyl groups is 1. The van der Waals surface area contributed by atoms with Crippen molar-refractivity contribution in [2.24, 2.45) is 0 Å². The zero-order chi connectivity index (χ0) is 9.97. The van der Waals surface area contributed by atoms with Crippen LogP contribution in [0.3, 0.4) is 0 Å². The standard InChI is InChI=1S/C11H11NOS/c1-8-11(14-7-12-8)10(13)9-5-3-2-4-6-9/h2-7,10,13H,1H3. The van der Waals surface area contributed by atoms with Gasteiger partial charge in [-0.1, -0.05) is 30.3 Å². The van der Waals surface area contributed by atoms with Gasteiger partial charge in [0.2, 0.25) is 0 Å². The van der Waals surface area contributed by atoms with Crippen LogP contribution in [0.2, 0.25) is 0 Å². The van der Waals surface area contributed by atoms with Gasteiger partial charge in [-0.15, -0.1) is 11.3 Å². The molecule has 3 heteroatoms. The summed E-state index contributed by atoms with van der Waals surface area (Å²) in [6, 6.07) is 9.63. The molecule has 0 amide bonds. The molecule has 0 aliphatic carbocycles. The van der Waals surface area contributed by atoms with E-state index in [0.29, 0.717) is 0 Å². The highest BCUT2D eigenvalue weighted by Gasteiger charge is 2.14. The Bertz CT molecular complexity index is 410. The van der Waals surface area contributed by atoms with E-state index in [1.54, 1.807) is 5.51 Å². The van der Waals surface area contributed by atoms with Crippen LogP contribution in [-0.2, 0) is 0 Å². The van der Waals surface area contributed by atoms with E-state index in [4.69, 9.17) is 0 Å². The number of aryl methyl sites for hydroxylation is 1. The molecule has 72 valence electrons. The Morgan fingerprint density at radius 1 is 1.29 bits per heavy atom. The largest absolute Gasteiger partial charge is 0.383 e. The molecule has 1 heterocycles. The van der Waals surface area contributed by atoms with Crippen molar-refractivity contribution in [2.45, 2.75) is 13.0 Å².